The molecular formula is C18H16FN5. The number of nitrogens with one attached hydrogen (secondary N) is 2. The molecule has 5 rings (SSSR count). The van der Waals surface area contributed by atoms with Crippen LogP contribution in [-0.4, -0.2) is 28.3 Å². The van der Waals surface area contributed by atoms with Gasteiger partial charge in [0.1, 0.15) is 11.5 Å². The fraction of sp³-hybridized carbons (Fsp3) is 0.222. The van der Waals surface area contributed by atoms with Gasteiger partial charge in [-0.05, 0) is 30.3 Å². The number of hydrogen-bond donors (Lipinski definition) is 2. The predicted octanol–water partition coefficient (Wildman–Crippen LogP) is 2.15. The number of benzene rings is 1. The van der Waals surface area contributed by atoms with Crippen LogP contribution in [0.1, 0.15) is 11.3 Å². The molecule has 0 saturated carbocycles. The number of rotatable bonds is 2. The quantitative estimate of drug-likeness (QED) is 0.760. The molecule has 2 aromatic heterocycles. The van der Waals surface area contributed by atoms with E-state index in [0.717, 1.165) is 29.0 Å². The van der Waals surface area contributed by atoms with Gasteiger partial charge in [-0.2, -0.15) is 0 Å². The molecule has 2 N–H and O–H groups in total. The highest BCUT2D eigenvalue weighted by Gasteiger charge is 2.43. The van der Waals surface area contributed by atoms with E-state index >= 15 is 0 Å². The van der Waals surface area contributed by atoms with E-state index in [1.54, 1.807) is 12.1 Å². The molecule has 0 bridgehead atoms. The summed E-state index contributed by atoms with van der Waals surface area (Å²) in [5.41, 5.74) is 3.25. The third-order valence-electron chi connectivity index (χ3n) is 4.75. The topological polar surface area (TPSA) is 53.7 Å². The molecule has 5 nitrogen and oxygen atoms in total. The second-order valence-corrected chi connectivity index (χ2v) is 6.37. The van der Waals surface area contributed by atoms with E-state index in [1.807, 2.05) is 41.2 Å². The van der Waals surface area contributed by atoms with Gasteiger partial charge in [-0.25, -0.2) is 9.37 Å². The maximum atomic E-state index is 13.6. The minimum absolute atomic E-state index is 0.0654. The van der Waals surface area contributed by atoms with Crippen molar-refractivity contribution in [2.24, 2.45) is 4.99 Å². The van der Waals surface area contributed by atoms with Crippen molar-refractivity contribution in [3.05, 3.63) is 65.9 Å². The zero-order valence-electron chi connectivity index (χ0n) is 12.9. The van der Waals surface area contributed by atoms with Gasteiger partial charge >= 0.3 is 0 Å². The molecule has 1 fully saturated rings. The molecule has 1 spiro atoms. The van der Waals surface area contributed by atoms with Gasteiger partial charge in [0.2, 0.25) is 0 Å². The third-order valence-corrected chi connectivity index (χ3v) is 4.75. The lowest BCUT2D eigenvalue weighted by Crippen LogP contribution is -2.43. The monoisotopic (exact) mass is 321 g/mol. The number of aliphatic imine (C=N–C) groups is 1. The molecule has 2 atom stereocenters. The van der Waals surface area contributed by atoms with Crippen LogP contribution in [0.5, 0.6) is 0 Å². The van der Waals surface area contributed by atoms with Crippen LogP contribution in [0.2, 0.25) is 0 Å². The van der Waals surface area contributed by atoms with Gasteiger partial charge in [-0.1, -0.05) is 6.07 Å². The Labute approximate surface area is 138 Å². The summed E-state index contributed by atoms with van der Waals surface area (Å²) in [5.74, 6) is -0.232. The van der Waals surface area contributed by atoms with Crippen molar-refractivity contribution in [1.82, 2.24) is 20.0 Å². The summed E-state index contributed by atoms with van der Waals surface area (Å²) in [5, 5.41) is 7.03. The molecule has 2 aliphatic rings. The number of aromatic nitrogens is 2. The third kappa shape index (κ3) is 2.07. The van der Waals surface area contributed by atoms with Gasteiger partial charge < -0.3 is 4.40 Å². The smallest absolute Gasteiger partial charge is 0.136 e. The van der Waals surface area contributed by atoms with Gasteiger partial charge in [-0.3, -0.25) is 15.6 Å². The summed E-state index contributed by atoms with van der Waals surface area (Å²) in [7, 11) is 0. The Morgan fingerprint density at radius 1 is 1.29 bits per heavy atom. The van der Waals surface area contributed by atoms with Gasteiger partial charge in [0.05, 0.1) is 23.1 Å². The number of fused-ring (bicyclic) bond motifs is 3. The van der Waals surface area contributed by atoms with Crippen LogP contribution in [0.25, 0.3) is 5.65 Å². The molecule has 120 valence electrons. The first-order valence-corrected chi connectivity index (χ1v) is 8.01. The largest absolute Gasteiger partial charge is 0.307 e. The molecule has 3 aromatic rings. The van der Waals surface area contributed by atoms with Crippen LogP contribution in [0.15, 0.2) is 53.8 Å². The summed E-state index contributed by atoms with van der Waals surface area (Å²) < 4.78 is 15.7. The lowest BCUT2D eigenvalue weighted by Gasteiger charge is -2.22. The van der Waals surface area contributed by atoms with Crippen LogP contribution in [-0.2, 0) is 12.0 Å². The second kappa shape index (κ2) is 4.96. The van der Waals surface area contributed by atoms with Crippen molar-refractivity contribution in [2.75, 3.05) is 6.54 Å². The molecule has 0 amide bonds. The molecule has 1 unspecified atom stereocenters. The number of hydrogen-bond acceptors (Lipinski definition) is 4. The van der Waals surface area contributed by atoms with Gasteiger partial charge in [-0.15, -0.1) is 0 Å². The fourth-order valence-electron chi connectivity index (χ4n) is 3.60. The summed E-state index contributed by atoms with van der Waals surface area (Å²) in [4.78, 5) is 9.08. The van der Waals surface area contributed by atoms with Crippen LogP contribution < -0.4 is 10.6 Å². The minimum Gasteiger partial charge on any atom is -0.307 e. The van der Waals surface area contributed by atoms with E-state index in [2.05, 4.69) is 20.6 Å². The van der Waals surface area contributed by atoms with Crippen molar-refractivity contribution < 1.29 is 4.39 Å². The van der Waals surface area contributed by atoms with Crippen LogP contribution in [0, 0.1) is 5.82 Å². The molecule has 4 heterocycles. The van der Waals surface area contributed by atoms with Crippen molar-refractivity contribution in [2.45, 2.75) is 18.1 Å². The minimum atomic E-state index is -0.429. The molecule has 6 heteroatoms. The molecule has 0 aliphatic carbocycles. The van der Waals surface area contributed by atoms with Crippen LogP contribution in [0.3, 0.4) is 0 Å². The zero-order valence-corrected chi connectivity index (χ0v) is 12.9. The lowest BCUT2D eigenvalue weighted by molar-refractivity contribution is 0.489. The van der Waals surface area contributed by atoms with Gasteiger partial charge in [0.25, 0.3) is 0 Å². The maximum Gasteiger partial charge on any atom is 0.136 e. The molecule has 2 aliphatic heterocycles. The van der Waals surface area contributed by atoms with Crippen molar-refractivity contribution in [3.63, 3.8) is 0 Å². The molecule has 24 heavy (non-hydrogen) atoms. The van der Waals surface area contributed by atoms with Crippen molar-refractivity contribution in [1.29, 1.82) is 0 Å². The maximum absolute atomic E-state index is 13.6. The highest BCUT2D eigenvalue weighted by molar-refractivity contribution is 5.85. The van der Waals surface area contributed by atoms with Crippen LogP contribution in [0.4, 0.5) is 10.1 Å². The SMILES string of the molecule is Fc1ccc2c(c1)C1(C=N2)CN[C@@H](Cc2cn3ccccc3n2)N1. The van der Waals surface area contributed by atoms with Crippen LogP contribution >= 0.6 is 0 Å². The molecule has 1 aromatic carbocycles. The van der Waals surface area contributed by atoms with E-state index in [9.17, 15) is 4.39 Å². The Kier molecular flexibility index (Phi) is 2.86. The predicted molar refractivity (Wildman–Crippen MR) is 90.1 cm³/mol. The second-order valence-electron chi connectivity index (χ2n) is 6.37. The Bertz CT molecular complexity index is 930. The Morgan fingerprint density at radius 2 is 2.25 bits per heavy atom. The van der Waals surface area contributed by atoms with E-state index in [1.165, 1.54) is 6.07 Å². The standard InChI is InChI=1S/C18H16FN5/c19-12-4-5-15-14(7-12)18(10-20-15)11-21-16(23-18)8-13-9-24-6-2-1-3-17(24)22-13/h1-7,9-10,16,21,23H,8,11H2/t16-,18?/m1/s1. The summed E-state index contributed by atoms with van der Waals surface area (Å²) in [6, 6.07) is 10.7. The first-order valence-electron chi connectivity index (χ1n) is 8.01. The highest BCUT2D eigenvalue weighted by atomic mass is 19.1. The first-order chi connectivity index (χ1) is 11.7. The Morgan fingerprint density at radius 3 is 3.17 bits per heavy atom. The lowest BCUT2D eigenvalue weighted by atomic mass is 9.93. The van der Waals surface area contributed by atoms with Crippen molar-refractivity contribution in [3.8, 4) is 0 Å². The van der Waals surface area contributed by atoms with E-state index in [4.69, 9.17) is 0 Å². The Balaban J connectivity index is 1.40. The van der Waals surface area contributed by atoms with E-state index in [-0.39, 0.29) is 12.0 Å². The summed E-state index contributed by atoms with van der Waals surface area (Å²) in [6.45, 7) is 0.686. The molecular weight excluding hydrogens is 305 g/mol. The van der Waals surface area contributed by atoms with Gasteiger partial charge in [0.15, 0.2) is 0 Å². The average Bonchev–Trinajstić information content (AvgIpc) is 3.26. The van der Waals surface area contributed by atoms with Crippen molar-refractivity contribution >= 4 is 17.5 Å². The summed E-state index contributed by atoms with van der Waals surface area (Å²) >= 11 is 0. The number of pyridine rings is 1. The summed E-state index contributed by atoms with van der Waals surface area (Å²) in [6.07, 6.45) is 6.73. The van der Waals surface area contributed by atoms with E-state index in [0.29, 0.717) is 6.54 Å². The Hall–Kier alpha value is -2.57. The fourth-order valence-corrected chi connectivity index (χ4v) is 3.60. The molecule has 0 radical (unpaired) electrons. The normalized spacial score (nSPS) is 25.0. The van der Waals surface area contributed by atoms with E-state index < -0.39 is 5.54 Å². The highest BCUT2D eigenvalue weighted by Crippen LogP contribution is 2.37. The van der Waals surface area contributed by atoms with Gasteiger partial charge in [0, 0.05) is 37.1 Å². The first kappa shape index (κ1) is 13.8. The number of imidazole rings is 1. The zero-order chi connectivity index (χ0) is 16.1. The molecule has 1 saturated heterocycles. The average molecular weight is 321 g/mol. The number of halogens is 1. The number of nitrogens with zero attached hydrogens (tertiary/aromatic N) is 3.